The number of anilines is 1. The molecule has 2 nitrogen and oxygen atoms in total. The lowest BCUT2D eigenvalue weighted by atomic mass is 10.1. The van der Waals surface area contributed by atoms with E-state index in [-0.39, 0.29) is 10.8 Å². The van der Waals surface area contributed by atoms with Crippen LogP contribution in [-0.2, 0) is 0 Å². The first-order valence-electron chi connectivity index (χ1n) is 5.47. The van der Waals surface area contributed by atoms with Crippen molar-refractivity contribution in [2.24, 2.45) is 0 Å². The smallest absolute Gasteiger partial charge is 0.153 e. The van der Waals surface area contributed by atoms with Crippen LogP contribution in [0, 0.1) is 19.7 Å². The van der Waals surface area contributed by atoms with E-state index in [0.29, 0.717) is 11.4 Å². The third-order valence-corrected chi connectivity index (χ3v) is 3.05. The van der Waals surface area contributed by atoms with Crippen LogP contribution >= 0.6 is 11.6 Å². The summed E-state index contributed by atoms with van der Waals surface area (Å²) in [5.41, 5.74) is 8.30. The van der Waals surface area contributed by atoms with Gasteiger partial charge in [0.25, 0.3) is 0 Å². The number of rotatable bonds is 2. The molecule has 0 spiro atoms. The molecule has 0 aliphatic rings. The van der Waals surface area contributed by atoms with Crippen LogP contribution in [0.1, 0.15) is 11.1 Å². The Morgan fingerprint density at radius 1 is 1.11 bits per heavy atom. The third-order valence-electron chi connectivity index (χ3n) is 2.76. The molecule has 2 rings (SSSR count). The maximum absolute atomic E-state index is 13.3. The van der Waals surface area contributed by atoms with Crippen molar-refractivity contribution in [2.75, 3.05) is 5.73 Å². The predicted octanol–water partition coefficient (Wildman–Crippen LogP) is 4.47. The van der Waals surface area contributed by atoms with E-state index < -0.39 is 5.82 Å². The van der Waals surface area contributed by atoms with Gasteiger partial charge >= 0.3 is 0 Å². The largest absolute Gasteiger partial charge is 0.455 e. The topological polar surface area (TPSA) is 35.2 Å². The molecule has 2 aromatic carbocycles. The highest BCUT2D eigenvalue weighted by molar-refractivity contribution is 6.31. The zero-order valence-electron chi connectivity index (χ0n) is 10.1. The highest BCUT2D eigenvalue weighted by Crippen LogP contribution is 2.32. The van der Waals surface area contributed by atoms with Gasteiger partial charge in [0.2, 0.25) is 0 Å². The summed E-state index contributed by atoms with van der Waals surface area (Å²) < 4.78 is 18.9. The van der Waals surface area contributed by atoms with Gasteiger partial charge in [0.15, 0.2) is 5.75 Å². The zero-order valence-corrected chi connectivity index (χ0v) is 10.9. The van der Waals surface area contributed by atoms with Crippen molar-refractivity contribution in [1.82, 2.24) is 0 Å². The van der Waals surface area contributed by atoms with Crippen molar-refractivity contribution in [1.29, 1.82) is 0 Å². The van der Waals surface area contributed by atoms with Crippen LogP contribution in [-0.4, -0.2) is 0 Å². The molecule has 0 unspecified atom stereocenters. The number of nitrogen functional groups attached to an aromatic ring is 1. The Morgan fingerprint density at radius 2 is 1.83 bits per heavy atom. The molecule has 0 radical (unpaired) electrons. The number of hydrogen-bond acceptors (Lipinski definition) is 2. The lowest BCUT2D eigenvalue weighted by Crippen LogP contribution is -1.94. The van der Waals surface area contributed by atoms with Gasteiger partial charge in [-0.1, -0.05) is 17.7 Å². The van der Waals surface area contributed by atoms with Crippen LogP contribution in [0.2, 0.25) is 5.02 Å². The molecule has 94 valence electrons. The van der Waals surface area contributed by atoms with Gasteiger partial charge in [-0.15, -0.1) is 0 Å². The van der Waals surface area contributed by atoms with E-state index >= 15 is 0 Å². The minimum Gasteiger partial charge on any atom is -0.455 e. The molecule has 4 heteroatoms. The Kier molecular flexibility index (Phi) is 3.43. The fourth-order valence-electron chi connectivity index (χ4n) is 1.54. The van der Waals surface area contributed by atoms with Crippen LogP contribution in [0.15, 0.2) is 30.3 Å². The molecular formula is C14H13ClFNO. The van der Waals surface area contributed by atoms with E-state index in [4.69, 9.17) is 22.1 Å². The Morgan fingerprint density at radius 3 is 2.50 bits per heavy atom. The highest BCUT2D eigenvalue weighted by Gasteiger charge is 2.08. The molecule has 0 saturated carbocycles. The molecule has 18 heavy (non-hydrogen) atoms. The van der Waals surface area contributed by atoms with E-state index in [9.17, 15) is 4.39 Å². The number of nitrogens with two attached hydrogens (primary N) is 1. The fourth-order valence-corrected chi connectivity index (χ4v) is 1.71. The minimum atomic E-state index is -0.551. The van der Waals surface area contributed by atoms with Gasteiger partial charge in [-0.25, -0.2) is 4.39 Å². The molecule has 0 heterocycles. The highest BCUT2D eigenvalue weighted by atomic mass is 35.5. The second kappa shape index (κ2) is 4.86. The maximum Gasteiger partial charge on any atom is 0.153 e. The van der Waals surface area contributed by atoms with Gasteiger partial charge in [-0.3, -0.25) is 0 Å². The van der Waals surface area contributed by atoms with E-state index in [1.807, 2.05) is 32.0 Å². The van der Waals surface area contributed by atoms with E-state index in [2.05, 4.69) is 0 Å². The van der Waals surface area contributed by atoms with Crippen molar-refractivity contribution >= 4 is 17.3 Å². The van der Waals surface area contributed by atoms with Crippen molar-refractivity contribution in [3.8, 4) is 11.5 Å². The standard InChI is InChI=1S/C14H13ClFNO/c1-8-3-4-10(5-9(8)2)18-14-7-12(16)11(15)6-13(14)17/h3-7H,17H2,1-2H3. The van der Waals surface area contributed by atoms with E-state index in [0.717, 1.165) is 11.1 Å². The summed E-state index contributed by atoms with van der Waals surface area (Å²) in [7, 11) is 0. The number of aryl methyl sites for hydroxylation is 2. The monoisotopic (exact) mass is 265 g/mol. The van der Waals surface area contributed by atoms with Gasteiger partial charge < -0.3 is 10.5 Å². The number of benzene rings is 2. The normalized spacial score (nSPS) is 10.4. The average molecular weight is 266 g/mol. The molecule has 2 aromatic rings. The summed E-state index contributed by atoms with van der Waals surface area (Å²) in [6.07, 6.45) is 0. The SMILES string of the molecule is Cc1ccc(Oc2cc(F)c(Cl)cc2N)cc1C. The Hall–Kier alpha value is -1.74. The molecule has 0 atom stereocenters. The minimum absolute atomic E-state index is 0.0139. The quantitative estimate of drug-likeness (QED) is 0.813. The van der Waals surface area contributed by atoms with Gasteiger partial charge in [0.1, 0.15) is 11.6 Å². The van der Waals surface area contributed by atoms with Gasteiger partial charge in [-0.05, 0) is 43.2 Å². The molecular weight excluding hydrogens is 253 g/mol. The van der Waals surface area contributed by atoms with Gasteiger partial charge in [-0.2, -0.15) is 0 Å². The predicted molar refractivity (Wildman–Crippen MR) is 71.8 cm³/mol. The first-order chi connectivity index (χ1) is 8.47. The summed E-state index contributed by atoms with van der Waals surface area (Å²) in [4.78, 5) is 0. The van der Waals surface area contributed by atoms with Crippen molar-refractivity contribution in [3.63, 3.8) is 0 Å². The van der Waals surface area contributed by atoms with Crippen molar-refractivity contribution < 1.29 is 9.13 Å². The van der Waals surface area contributed by atoms with E-state index in [1.165, 1.54) is 12.1 Å². The second-order valence-corrected chi connectivity index (χ2v) is 4.56. The van der Waals surface area contributed by atoms with Crippen LogP contribution < -0.4 is 10.5 Å². The first kappa shape index (κ1) is 12.7. The van der Waals surface area contributed by atoms with Gasteiger partial charge in [0.05, 0.1) is 10.7 Å². The molecule has 0 fully saturated rings. The third kappa shape index (κ3) is 2.57. The summed E-state index contributed by atoms with van der Waals surface area (Å²) in [6, 6.07) is 8.16. The molecule has 0 aromatic heterocycles. The van der Waals surface area contributed by atoms with Crippen molar-refractivity contribution in [2.45, 2.75) is 13.8 Å². The summed E-state index contributed by atoms with van der Waals surface area (Å²) in [5, 5.41) is -0.0139. The van der Waals surface area contributed by atoms with Gasteiger partial charge in [0, 0.05) is 6.07 Å². The lowest BCUT2D eigenvalue weighted by Gasteiger charge is -2.10. The number of ether oxygens (including phenoxy) is 1. The van der Waals surface area contributed by atoms with Crippen molar-refractivity contribution in [3.05, 3.63) is 52.3 Å². The Balaban J connectivity index is 2.34. The summed E-state index contributed by atoms with van der Waals surface area (Å²) in [6.45, 7) is 3.99. The second-order valence-electron chi connectivity index (χ2n) is 4.15. The first-order valence-corrected chi connectivity index (χ1v) is 5.85. The molecule has 0 aliphatic carbocycles. The summed E-state index contributed by atoms with van der Waals surface area (Å²) >= 11 is 5.62. The molecule has 2 N–H and O–H groups in total. The van der Waals surface area contributed by atoms with Crippen LogP contribution in [0.3, 0.4) is 0 Å². The van der Waals surface area contributed by atoms with Crippen LogP contribution in [0.5, 0.6) is 11.5 Å². The number of halogens is 2. The van der Waals surface area contributed by atoms with E-state index in [1.54, 1.807) is 0 Å². The summed E-state index contributed by atoms with van der Waals surface area (Å²) in [5.74, 6) is 0.330. The molecule has 0 bridgehead atoms. The Bertz CT molecular complexity index is 599. The van der Waals surface area contributed by atoms with Crippen LogP contribution in [0.4, 0.5) is 10.1 Å². The maximum atomic E-state index is 13.3. The number of hydrogen-bond donors (Lipinski definition) is 1. The average Bonchev–Trinajstić information content (AvgIpc) is 2.31. The zero-order chi connectivity index (χ0) is 13.3. The molecule has 0 saturated heterocycles. The lowest BCUT2D eigenvalue weighted by molar-refractivity contribution is 0.478. The Labute approximate surface area is 110 Å². The fraction of sp³-hybridized carbons (Fsp3) is 0.143. The molecule has 0 amide bonds. The molecule has 0 aliphatic heterocycles. The van der Waals surface area contributed by atoms with Crippen LogP contribution in [0.25, 0.3) is 0 Å².